The van der Waals surface area contributed by atoms with Crippen LogP contribution in [0.4, 0.5) is 0 Å². The molecular weight excluding hydrogens is 214 g/mol. The molecule has 2 unspecified atom stereocenters. The van der Waals surface area contributed by atoms with Crippen molar-refractivity contribution in [3.63, 3.8) is 0 Å². The van der Waals surface area contributed by atoms with E-state index in [4.69, 9.17) is 16.5 Å². The zero-order chi connectivity index (χ0) is 11.3. The minimum Gasteiger partial charge on any atom is -0.466 e. The monoisotopic (exact) mass is 233 g/mol. The van der Waals surface area contributed by atoms with Crippen LogP contribution in [0.1, 0.15) is 33.1 Å². The number of esters is 1. The minimum atomic E-state index is -0.0658. The van der Waals surface area contributed by atoms with Gasteiger partial charge in [-0.25, -0.2) is 4.42 Å². The maximum Gasteiger partial charge on any atom is 0.306 e. The smallest absolute Gasteiger partial charge is 0.306 e. The summed E-state index contributed by atoms with van der Waals surface area (Å²) in [6, 6.07) is 0. The Morgan fingerprint density at radius 1 is 1.47 bits per heavy atom. The Morgan fingerprint density at radius 3 is 2.80 bits per heavy atom. The Labute approximate surface area is 96.8 Å². The second-order valence-corrected chi connectivity index (χ2v) is 4.57. The Bertz CT molecular complexity index is 211. The van der Waals surface area contributed by atoms with Gasteiger partial charge in [0.2, 0.25) is 0 Å². The van der Waals surface area contributed by atoms with Gasteiger partial charge < -0.3 is 4.74 Å². The molecule has 0 radical (unpaired) electrons. The maximum absolute atomic E-state index is 11.4. The fourth-order valence-corrected chi connectivity index (χ4v) is 2.48. The molecule has 0 aliphatic carbocycles. The standard InChI is InChI=1S/C11H20ClNO2/c1-3-9-8-13(12)6-5-10(9)7-11(14)15-4-2/h9-10H,3-8H2,1-2H3. The maximum atomic E-state index is 11.4. The second-order valence-electron chi connectivity index (χ2n) is 4.10. The van der Waals surface area contributed by atoms with Gasteiger partial charge in [-0.05, 0) is 37.0 Å². The molecule has 1 heterocycles. The third-order valence-corrected chi connectivity index (χ3v) is 3.41. The number of carbonyl (C=O) groups excluding carboxylic acids is 1. The number of piperidine rings is 1. The van der Waals surface area contributed by atoms with E-state index in [9.17, 15) is 4.79 Å². The van der Waals surface area contributed by atoms with Gasteiger partial charge in [0, 0.05) is 19.5 Å². The van der Waals surface area contributed by atoms with Crippen molar-refractivity contribution < 1.29 is 9.53 Å². The molecule has 0 N–H and O–H groups in total. The molecule has 1 aliphatic heterocycles. The Balaban J connectivity index is 2.42. The van der Waals surface area contributed by atoms with E-state index in [1.165, 1.54) is 0 Å². The van der Waals surface area contributed by atoms with E-state index in [0.717, 1.165) is 25.9 Å². The lowest BCUT2D eigenvalue weighted by Gasteiger charge is -2.34. The predicted molar refractivity (Wildman–Crippen MR) is 60.6 cm³/mol. The van der Waals surface area contributed by atoms with Gasteiger partial charge in [0.25, 0.3) is 0 Å². The molecule has 0 saturated carbocycles. The van der Waals surface area contributed by atoms with Gasteiger partial charge >= 0.3 is 5.97 Å². The predicted octanol–water partition coefficient (Wildman–Crippen LogP) is 2.44. The minimum absolute atomic E-state index is 0.0658. The summed E-state index contributed by atoms with van der Waals surface area (Å²) in [7, 11) is 0. The van der Waals surface area contributed by atoms with Crippen molar-refractivity contribution in [2.24, 2.45) is 11.8 Å². The van der Waals surface area contributed by atoms with Crippen molar-refractivity contribution in [3.05, 3.63) is 0 Å². The van der Waals surface area contributed by atoms with Gasteiger partial charge in [0.05, 0.1) is 6.61 Å². The average molecular weight is 234 g/mol. The first-order chi connectivity index (χ1) is 7.17. The van der Waals surface area contributed by atoms with Crippen LogP contribution in [-0.2, 0) is 9.53 Å². The van der Waals surface area contributed by atoms with Gasteiger partial charge in [-0.15, -0.1) is 0 Å². The topological polar surface area (TPSA) is 29.5 Å². The van der Waals surface area contributed by atoms with Crippen molar-refractivity contribution in [1.29, 1.82) is 0 Å². The molecule has 1 rings (SSSR count). The first-order valence-electron chi connectivity index (χ1n) is 5.73. The number of carbonyl (C=O) groups is 1. The molecule has 2 atom stereocenters. The molecule has 15 heavy (non-hydrogen) atoms. The molecule has 0 aromatic carbocycles. The van der Waals surface area contributed by atoms with E-state index in [-0.39, 0.29) is 5.97 Å². The highest BCUT2D eigenvalue weighted by Crippen LogP contribution is 2.29. The first kappa shape index (κ1) is 12.8. The molecule has 1 fully saturated rings. The molecule has 1 aliphatic rings. The summed E-state index contributed by atoms with van der Waals surface area (Å²) in [5.74, 6) is 0.911. The third-order valence-electron chi connectivity index (χ3n) is 3.10. The summed E-state index contributed by atoms with van der Waals surface area (Å²) in [6.07, 6.45) is 2.63. The fraction of sp³-hybridized carbons (Fsp3) is 0.909. The van der Waals surface area contributed by atoms with Crippen LogP contribution in [0, 0.1) is 11.8 Å². The SMILES string of the molecule is CCOC(=O)CC1CCN(Cl)CC1CC. The van der Waals surface area contributed by atoms with E-state index in [1.807, 2.05) is 11.3 Å². The van der Waals surface area contributed by atoms with E-state index in [2.05, 4.69) is 6.92 Å². The number of hydrogen-bond donors (Lipinski definition) is 0. The van der Waals surface area contributed by atoms with E-state index >= 15 is 0 Å². The second kappa shape index (κ2) is 6.33. The van der Waals surface area contributed by atoms with Crippen LogP contribution in [0.5, 0.6) is 0 Å². The highest BCUT2D eigenvalue weighted by molar-refractivity contribution is 6.13. The first-order valence-corrected chi connectivity index (χ1v) is 6.07. The van der Waals surface area contributed by atoms with Gasteiger partial charge in [0.15, 0.2) is 0 Å². The van der Waals surface area contributed by atoms with Gasteiger partial charge in [-0.2, -0.15) is 0 Å². The largest absolute Gasteiger partial charge is 0.466 e. The molecule has 0 spiro atoms. The van der Waals surface area contributed by atoms with Gasteiger partial charge in [-0.3, -0.25) is 4.79 Å². The lowest BCUT2D eigenvalue weighted by molar-refractivity contribution is -0.145. The van der Waals surface area contributed by atoms with E-state index < -0.39 is 0 Å². The highest BCUT2D eigenvalue weighted by Gasteiger charge is 2.29. The third kappa shape index (κ3) is 3.99. The Kier molecular flexibility index (Phi) is 5.40. The van der Waals surface area contributed by atoms with Crippen LogP contribution in [0.3, 0.4) is 0 Å². The lowest BCUT2D eigenvalue weighted by atomic mass is 9.82. The summed E-state index contributed by atoms with van der Waals surface area (Å²) in [6.45, 7) is 6.24. The summed E-state index contributed by atoms with van der Waals surface area (Å²) < 4.78 is 6.81. The molecular formula is C11H20ClNO2. The molecule has 0 aromatic heterocycles. The summed E-state index contributed by atoms with van der Waals surface area (Å²) in [5.41, 5.74) is 0. The normalized spacial score (nSPS) is 27.7. The number of ether oxygens (including phenoxy) is 1. The van der Waals surface area contributed by atoms with Crippen LogP contribution in [0.2, 0.25) is 0 Å². The Hall–Kier alpha value is -0.280. The summed E-state index contributed by atoms with van der Waals surface area (Å²) >= 11 is 5.97. The van der Waals surface area contributed by atoms with Crippen LogP contribution in [-0.4, -0.2) is 30.1 Å². The molecule has 0 bridgehead atoms. The number of rotatable bonds is 4. The quantitative estimate of drug-likeness (QED) is 0.552. The fourth-order valence-electron chi connectivity index (χ4n) is 2.20. The zero-order valence-corrected chi connectivity index (χ0v) is 10.3. The van der Waals surface area contributed by atoms with E-state index in [0.29, 0.717) is 24.9 Å². The van der Waals surface area contributed by atoms with Crippen LogP contribution >= 0.6 is 11.8 Å². The summed E-state index contributed by atoms with van der Waals surface area (Å²) in [5, 5.41) is 0. The molecule has 1 saturated heterocycles. The number of halogens is 1. The lowest BCUT2D eigenvalue weighted by Crippen LogP contribution is -2.36. The van der Waals surface area contributed by atoms with Crippen molar-refractivity contribution >= 4 is 17.7 Å². The zero-order valence-electron chi connectivity index (χ0n) is 9.54. The van der Waals surface area contributed by atoms with Crippen molar-refractivity contribution in [1.82, 2.24) is 4.42 Å². The summed E-state index contributed by atoms with van der Waals surface area (Å²) in [4.78, 5) is 11.4. The van der Waals surface area contributed by atoms with Crippen LogP contribution < -0.4 is 0 Å². The van der Waals surface area contributed by atoms with Gasteiger partial charge in [-0.1, -0.05) is 13.3 Å². The Morgan fingerprint density at radius 2 is 2.20 bits per heavy atom. The van der Waals surface area contributed by atoms with Crippen molar-refractivity contribution in [2.75, 3.05) is 19.7 Å². The van der Waals surface area contributed by atoms with Crippen molar-refractivity contribution in [2.45, 2.75) is 33.1 Å². The van der Waals surface area contributed by atoms with E-state index in [1.54, 1.807) is 0 Å². The molecule has 4 heteroatoms. The number of hydrogen-bond acceptors (Lipinski definition) is 3. The van der Waals surface area contributed by atoms with Crippen molar-refractivity contribution in [3.8, 4) is 0 Å². The molecule has 3 nitrogen and oxygen atoms in total. The molecule has 0 amide bonds. The van der Waals surface area contributed by atoms with Gasteiger partial charge in [0.1, 0.15) is 0 Å². The molecule has 88 valence electrons. The highest BCUT2D eigenvalue weighted by atomic mass is 35.5. The number of nitrogens with zero attached hydrogens (tertiary/aromatic N) is 1. The average Bonchev–Trinajstić information content (AvgIpc) is 2.21. The molecule has 0 aromatic rings. The van der Waals surface area contributed by atoms with Crippen LogP contribution in [0.25, 0.3) is 0 Å². The van der Waals surface area contributed by atoms with Crippen LogP contribution in [0.15, 0.2) is 0 Å².